The number of halogens is 1. The lowest BCUT2D eigenvalue weighted by Crippen LogP contribution is -2.31. The Hall–Kier alpha value is -3.65. The number of pyridine rings is 1. The lowest BCUT2D eigenvalue weighted by atomic mass is 10.2. The van der Waals surface area contributed by atoms with Gasteiger partial charge in [0.05, 0.1) is 26.1 Å². The Balaban J connectivity index is 1.35. The Morgan fingerprint density at radius 3 is 2.56 bits per heavy atom. The Labute approximate surface area is 199 Å². The maximum Gasteiger partial charge on any atom is 0.255 e. The number of methoxy groups -OCH3 is 2. The van der Waals surface area contributed by atoms with E-state index in [-0.39, 0.29) is 11.7 Å². The molecule has 1 saturated heterocycles. The van der Waals surface area contributed by atoms with Gasteiger partial charge in [-0.25, -0.2) is 9.37 Å². The number of carbonyl (C=O) groups is 1. The van der Waals surface area contributed by atoms with E-state index in [0.717, 1.165) is 44.0 Å². The first kappa shape index (κ1) is 23.5. The van der Waals surface area contributed by atoms with Crippen molar-refractivity contribution < 1.29 is 18.7 Å². The van der Waals surface area contributed by atoms with Crippen molar-refractivity contribution in [3.05, 3.63) is 77.7 Å². The third-order valence-electron chi connectivity index (χ3n) is 5.92. The van der Waals surface area contributed by atoms with Crippen molar-refractivity contribution in [3.63, 3.8) is 0 Å². The van der Waals surface area contributed by atoms with Gasteiger partial charge in [-0.2, -0.15) is 0 Å². The topological polar surface area (TPSA) is 66.9 Å². The molecule has 4 rings (SSSR count). The molecular weight excluding hydrogens is 435 g/mol. The summed E-state index contributed by atoms with van der Waals surface area (Å²) in [4.78, 5) is 21.7. The number of amides is 1. The molecule has 8 heteroatoms. The highest BCUT2D eigenvalue weighted by Crippen LogP contribution is 2.28. The predicted octanol–water partition coefficient (Wildman–Crippen LogP) is 4.20. The van der Waals surface area contributed by atoms with Crippen LogP contribution in [0.25, 0.3) is 0 Å². The van der Waals surface area contributed by atoms with Crippen LogP contribution in [-0.4, -0.2) is 56.2 Å². The quantitative estimate of drug-likeness (QED) is 0.565. The van der Waals surface area contributed by atoms with Gasteiger partial charge >= 0.3 is 0 Å². The molecule has 0 spiro atoms. The molecule has 0 aliphatic carbocycles. The molecule has 1 aromatic heterocycles. The number of rotatable bonds is 7. The van der Waals surface area contributed by atoms with Crippen molar-refractivity contribution in [3.8, 4) is 11.5 Å². The molecule has 1 aliphatic heterocycles. The summed E-state index contributed by atoms with van der Waals surface area (Å²) in [5, 5.41) is 2.87. The molecule has 0 saturated carbocycles. The van der Waals surface area contributed by atoms with Gasteiger partial charge in [-0.3, -0.25) is 9.69 Å². The molecule has 0 atom stereocenters. The number of aromatic nitrogens is 1. The summed E-state index contributed by atoms with van der Waals surface area (Å²) >= 11 is 0. The molecule has 1 amide bonds. The summed E-state index contributed by atoms with van der Waals surface area (Å²) in [6.07, 6.45) is 2.63. The monoisotopic (exact) mass is 464 g/mol. The number of nitrogens with one attached hydrogen (secondary N) is 1. The van der Waals surface area contributed by atoms with E-state index >= 15 is 0 Å². The summed E-state index contributed by atoms with van der Waals surface area (Å²) in [5.41, 5.74) is 1.80. The van der Waals surface area contributed by atoms with Gasteiger partial charge in [-0.15, -0.1) is 0 Å². The zero-order chi connectivity index (χ0) is 23.9. The molecule has 34 heavy (non-hydrogen) atoms. The van der Waals surface area contributed by atoms with Crippen molar-refractivity contribution in [2.24, 2.45) is 0 Å². The van der Waals surface area contributed by atoms with Crippen molar-refractivity contribution >= 4 is 17.4 Å². The Morgan fingerprint density at radius 2 is 1.82 bits per heavy atom. The lowest BCUT2D eigenvalue weighted by Gasteiger charge is -2.23. The van der Waals surface area contributed by atoms with Crippen LogP contribution in [-0.2, 0) is 6.54 Å². The minimum Gasteiger partial charge on any atom is -0.493 e. The molecule has 1 aliphatic rings. The highest BCUT2D eigenvalue weighted by Gasteiger charge is 2.18. The van der Waals surface area contributed by atoms with Gasteiger partial charge in [0.15, 0.2) is 11.5 Å². The number of ether oxygens (including phenoxy) is 2. The molecule has 1 fully saturated rings. The second kappa shape index (κ2) is 11.0. The molecule has 2 heterocycles. The summed E-state index contributed by atoms with van der Waals surface area (Å²) in [7, 11) is 3.08. The van der Waals surface area contributed by atoms with Crippen LogP contribution in [0.3, 0.4) is 0 Å². The average molecular weight is 465 g/mol. The Bertz CT molecular complexity index is 1120. The molecule has 0 radical (unpaired) electrons. The number of hydrogen-bond donors (Lipinski definition) is 1. The highest BCUT2D eigenvalue weighted by atomic mass is 19.1. The lowest BCUT2D eigenvalue weighted by molar-refractivity contribution is 0.102. The van der Waals surface area contributed by atoms with Crippen molar-refractivity contribution in [2.75, 3.05) is 50.6 Å². The zero-order valence-corrected chi connectivity index (χ0v) is 19.5. The molecule has 3 aromatic rings. The van der Waals surface area contributed by atoms with Crippen LogP contribution in [0, 0.1) is 5.82 Å². The van der Waals surface area contributed by atoms with Gasteiger partial charge in [0.25, 0.3) is 5.91 Å². The number of benzene rings is 2. The third kappa shape index (κ3) is 5.63. The van der Waals surface area contributed by atoms with Crippen LogP contribution in [0.5, 0.6) is 11.5 Å². The van der Waals surface area contributed by atoms with E-state index in [0.29, 0.717) is 29.3 Å². The number of anilines is 2. The average Bonchev–Trinajstić information content (AvgIpc) is 3.11. The number of hydrogen-bond acceptors (Lipinski definition) is 6. The SMILES string of the molecule is COc1ccc(C(=O)Nc2ccc(N3CCCN(Cc4ccccc4F)CC3)nc2)cc1OC. The fraction of sp³-hybridized carbons (Fsp3) is 0.308. The normalized spacial score (nSPS) is 14.4. The summed E-state index contributed by atoms with van der Waals surface area (Å²) in [6.45, 7) is 4.02. The second-order valence-electron chi connectivity index (χ2n) is 8.14. The Kier molecular flexibility index (Phi) is 7.59. The van der Waals surface area contributed by atoms with E-state index < -0.39 is 0 Å². The maximum absolute atomic E-state index is 14.0. The fourth-order valence-corrected chi connectivity index (χ4v) is 4.05. The van der Waals surface area contributed by atoms with Crippen LogP contribution < -0.4 is 19.7 Å². The van der Waals surface area contributed by atoms with Gasteiger partial charge < -0.3 is 19.7 Å². The van der Waals surface area contributed by atoms with Crippen molar-refractivity contribution in [2.45, 2.75) is 13.0 Å². The minimum absolute atomic E-state index is 0.156. The summed E-state index contributed by atoms with van der Waals surface area (Å²) in [6, 6.07) is 15.7. The predicted molar refractivity (Wildman–Crippen MR) is 130 cm³/mol. The van der Waals surface area contributed by atoms with E-state index in [4.69, 9.17) is 9.47 Å². The van der Waals surface area contributed by atoms with Gasteiger partial charge in [0.1, 0.15) is 11.6 Å². The van der Waals surface area contributed by atoms with E-state index in [1.807, 2.05) is 24.3 Å². The van der Waals surface area contributed by atoms with Crippen molar-refractivity contribution in [1.29, 1.82) is 0 Å². The largest absolute Gasteiger partial charge is 0.493 e. The number of nitrogens with zero attached hydrogens (tertiary/aromatic N) is 3. The van der Waals surface area contributed by atoms with Crippen LogP contribution in [0.2, 0.25) is 0 Å². The van der Waals surface area contributed by atoms with E-state index in [1.165, 1.54) is 13.2 Å². The van der Waals surface area contributed by atoms with E-state index in [1.54, 1.807) is 37.6 Å². The molecular formula is C26H29FN4O3. The first-order valence-electron chi connectivity index (χ1n) is 11.3. The van der Waals surface area contributed by atoms with Gasteiger partial charge in [-0.1, -0.05) is 18.2 Å². The summed E-state index contributed by atoms with van der Waals surface area (Å²) in [5.74, 6) is 1.51. The second-order valence-corrected chi connectivity index (χ2v) is 8.14. The molecule has 0 unspecified atom stereocenters. The van der Waals surface area contributed by atoms with Gasteiger partial charge in [0, 0.05) is 43.9 Å². The molecule has 7 nitrogen and oxygen atoms in total. The highest BCUT2D eigenvalue weighted by molar-refractivity contribution is 6.04. The fourth-order valence-electron chi connectivity index (χ4n) is 4.05. The first-order chi connectivity index (χ1) is 16.6. The van der Waals surface area contributed by atoms with Crippen LogP contribution >= 0.6 is 0 Å². The van der Waals surface area contributed by atoms with Crippen molar-refractivity contribution in [1.82, 2.24) is 9.88 Å². The summed E-state index contributed by atoms with van der Waals surface area (Å²) < 4.78 is 24.5. The van der Waals surface area contributed by atoms with Crippen LogP contribution in [0.15, 0.2) is 60.8 Å². The van der Waals surface area contributed by atoms with Gasteiger partial charge in [0.2, 0.25) is 0 Å². The molecule has 0 bridgehead atoms. The van der Waals surface area contributed by atoms with Crippen LogP contribution in [0.1, 0.15) is 22.3 Å². The number of carbonyl (C=O) groups excluding carboxylic acids is 1. The van der Waals surface area contributed by atoms with Gasteiger partial charge in [-0.05, 0) is 42.8 Å². The smallest absolute Gasteiger partial charge is 0.255 e. The first-order valence-corrected chi connectivity index (χ1v) is 11.3. The molecule has 1 N–H and O–H groups in total. The standard InChI is InChI=1S/C26H29FN4O3/c1-33-23-10-8-19(16-24(23)34-2)26(32)29-21-9-11-25(28-17-21)31-13-5-12-30(14-15-31)18-20-6-3-4-7-22(20)27/h3-4,6-11,16-17H,5,12-15,18H2,1-2H3,(H,29,32). The molecule has 2 aromatic carbocycles. The van der Waals surface area contributed by atoms with E-state index in [2.05, 4.69) is 20.1 Å². The van der Waals surface area contributed by atoms with Crippen LogP contribution in [0.4, 0.5) is 15.9 Å². The zero-order valence-electron chi connectivity index (χ0n) is 19.5. The Morgan fingerprint density at radius 1 is 1.00 bits per heavy atom. The molecule has 178 valence electrons. The third-order valence-corrected chi connectivity index (χ3v) is 5.92. The maximum atomic E-state index is 14.0. The minimum atomic E-state index is -0.255. The van der Waals surface area contributed by atoms with E-state index in [9.17, 15) is 9.18 Å².